The molecule has 0 radical (unpaired) electrons. The maximum absolute atomic E-state index is 12.7. The maximum atomic E-state index is 12.7. The Morgan fingerprint density at radius 2 is 1.89 bits per heavy atom. The third-order valence-electron chi connectivity index (χ3n) is 2.72. The van der Waals surface area contributed by atoms with Crippen LogP contribution < -0.4 is 5.56 Å². The smallest absolute Gasteiger partial charge is 0.266 e. The second-order valence-corrected chi connectivity index (χ2v) is 4.22. The fourth-order valence-corrected chi connectivity index (χ4v) is 1.70. The van der Waals surface area contributed by atoms with Gasteiger partial charge in [0.05, 0.1) is 12.2 Å². The van der Waals surface area contributed by atoms with E-state index in [4.69, 9.17) is 0 Å². The fourth-order valence-electron chi connectivity index (χ4n) is 1.70. The van der Waals surface area contributed by atoms with Gasteiger partial charge in [0.2, 0.25) is 0 Å². The van der Waals surface area contributed by atoms with E-state index in [1.54, 1.807) is 13.0 Å². The van der Waals surface area contributed by atoms with Crippen LogP contribution in [0.15, 0.2) is 41.2 Å². The molecule has 0 amide bonds. The average Bonchev–Trinajstić information content (AvgIpc) is 2.40. The SMILES string of the molecule is Cc1ccc(=O)n(CCC(=O)c2ccc(F)cc2)n1. The number of benzene rings is 1. The standard InChI is InChI=1S/C14H13FN2O2/c1-10-2-7-14(19)17(16-10)9-8-13(18)11-3-5-12(15)6-4-11/h2-7H,8-9H2,1H3. The van der Waals surface area contributed by atoms with Gasteiger partial charge in [-0.1, -0.05) is 0 Å². The number of hydrogen-bond donors (Lipinski definition) is 0. The van der Waals surface area contributed by atoms with Crippen LogP contribution in [-0.4, -0.2) is 15.6 Å². The molecule has 1 heterocycles. The van der Waals surface area contributed by atoms with Crippen molar-refractivity contribution in [1.82, 2.24) is 9.78 Å². The topological polar surface area (TPSA) is 52.0 Å². The minimum Gasteiger partial charge on any atom is -0.294 e. The highest BCUT2D eigenvalue weighted by atomic mass is 19.1. The normalized spacial score (nSPS) is 10.4. The van der Waals surface area contributed by atoms with Crippen LogP contribution in [0.2, 0.25) is 0 Å². The summed E-state index contributed by atoms with van der Waals surface area (Å²) < 4.78 is 14.0. The van der Waals surface area contributed by atoms with Gasteiger partial charge in [0, 0.05) is 18.1 Å². The predicted octanol–water partition coefficient (Wildman–Crippen LogP) is 1.96. The number of hydrogen-bond acceptors (Lipinski definition) is 3. The minimum absolute atomic E-state index is 0.143. The number of carbonyl (C=O) groups excluding carboxylic acids is 1. The Balaban J connectivity index is 2.06. The summed E-state index contributed by atoms with van der Waals surface area (Å²) in [4.78, 5) is 23.4. The highest BCUT2D eigenvalue weighted by Crippen LogP contribution is 2.06. The molecule has 0 unspecified atom stereocenters. The molecule has 0 spiro atoms. The van der Waals surface area contributed by atoms with Gasteiger partial charge in [0.1, 0.15) is 5.82 Å². The molecule has 2 rings (SSSR count). The lowest BCUT2D eigenvalue weighted by molar-refractivity contribution is 0.0975. The number of Topliss-reactive ketones (excluding diaryl/α,β-unsaturated/α-hetero) is 1. The van der Waals surface area contributed by atoms with E-state index in [0.717, 1.165) is 0 Å². The van der Waals surface area contributed by atoms with Gasteiger partial charge in [0.15, 0.2) is 5.78 Å². The largest absolute Gasteiger partial charge is 0.294 e. The highest BCUT2D eigenvalue weighted by molar-refractivity contribution is 5.95. The molecule has 0 aliphatic carbocycles. The summed E-state index contributed by atoms with van der Waals surface area (Å²) in [6.45, 7) is 1.99. The van der Waals surface area contributed by atoms with Crippen molar-refractivity contribution < 1.29 is 9.18 Å². The molecular formula is C14H13FN2O2. The van der Waals surface area contributed by atoms with Crippen LogP contribution in [0.3, 0.4) is 0 Å². The van der Waals surface area contributed by atoms with Gasteiger partial charge >= 0.3 is 0 Å². The van der Waals surface area contributed by atoms with Crippen molar-refractivity contribution in [2.24, 2.45) is 0 Å². The van der Waals surface area contributed by atoms with E-state index in [1.165, 1.54) is 35.0 Å². The van der Waals surface area contributed by atoms with Gasteiger partial charge in [-0.2, -0.15) is 5.10 Å². The molecule has 0 bridgehead atoms. The Morgan fingerprint density at radius 1 is 1.21 bits per heavy atom. The van der Waals surface area contributed by atoms with Crippen molar-refractivity contribution in [3.8, 4) is 0 Å². The van der Waals surface area contributed by atoms with Crippen LogP contribution >= 0.6 is 0 Å². The molecule has 0 aliphatic rings. The van der Waals surface area contributed by atoms with Gasteiger partial charge in [-0.05, 0) is 37.3 Å². The highest BCUT2D eigenvalue weighted by Gasteiger charge is 2.07. The summed E-state index contributed by atoms with van der Waals surface area (Å²) >= 11 is 0. The van der Waals surface area contributed by atoms with Crippen LogP contribution in [0.5, 0.6) is 0 Å². The van der Waals surface area contributed by atoms with Gasteiger partial charge in [-0.25, -0.2) is 9.07 Å². The third kappa shape index (κ3) is 3.34. The van der Waals surface area contributed by atoms with Crippen molar-refractivity contribution >= 4 is 5.78 Å². The number of nitrogens with zero attached hydrogens (tertiary/aromatic N) is 2. The lowest BCUT2D eigenvalue weighted by atomic mass is 10.1. The number of aromatic nitrogens is 2. The molecule has 0 fully saturated rings. The van der Waals surface area contributed by atoms with Gasteiger partial charge < -0.3 is 0 Å². The Labute approximate surface area is 109 Å². The Bertz CT molecular complexity index is 647. The number of halogens is 1. The first kappa shape index (κ1) is 13.1. The van der Waals surface area contributed by atoms with Crippen LogP contribution in [0, 0.1) is 12.7 Å². The van der Waals surface area contributed by atoms with Crippen molar-refractivity contribution in [2.45, 2.75) is 19.9 Å². The molecule has 0 aliphatic heterocycles. The third-order valence-corrected chi connectivity index (χ3v) is 2.72. The first-order valence-corrected chi connectivity index (χ1v) is 5.90. The fraction of sp³-hybridized carbons (Fsp3) is 0.214. The van der Waals surface area contributed by atoms with Crippen molar-refractivity contribution in [1.29, 1.82) is 0 Å². The lowest BCUT2D eigenvalue weighted by Gasteiger charge is -2.04. The van der Waals surface area contributed by atoms with Crippen molar-refractivity contribution in [3.05, 3.63) is 63.8 Å². The molecular weight excluding hydrogens is 247 g/mol. The van der Waals surface area contributed by atoms with Crippen molar-refractivity contribution in [3.63, 3.8) is 0 Å². The summed E-state index contributed by atoms with van der Waals surface area (Å²) in [5.74, 6) is -0.525. The molecule has 5 heteroatoms. The monoisotopic (exact) mass is 260 g/mol. The zero-order chi connectivity index (χ0) is 13.8. The molecule has 0 atom stereocenters. The van der Waals surface area contributed by atoms with E-state index in [1.807, 2.05) is 0 Å². The quantitative estimate of drug-likeness (QED) is 0.790. The Morgan fingerprint density at radius 3 is 2.58 bits per heavy atom. The summed E-state index contributed by atoms with van der Waals surface area (Å²) in [5.41, 5.74) is 0.911. The number of carbonyl (C=O) groups is 1. The molecule has 2 aromatic rings. The van der Waals surface area contributed by atoms with Crippen LogP contribution in [-0.2, 0) is 6.54 Å². The summed E-state index contributed by atoms with van der Waals surface area (Å²) in [5, 5.41) is 4.04. The molecule has 1 aromatic heterocycles. The Kier molecular flexibility index (Phi) is 3.85. The molecule has 98 valence electrons. The van der Waals surface area contributed by atoms with Gasteiger partial charge in [0.25, 0.3) is 5.56 Å². The maximum Gasteiger partial charge on any atom is 0.266 e. The number of ketones is 1. The minimum atomic E-state index is -0.381. The van der Waals surface area contributed by atoms with Gasteiger partial charge in [-0.3, -0.25) is 9.59 Å². The van der Waals surface area contributed by atoms with E-state index in [2.05, 4.69) is 5.10 Å². The lowest BCUT2D eigenvalue weighted by Crippen LogP contribution is -2.23. The van der Waals surface area contributed by atoms with Crippen LogP contribution in [0.25, 0.3) is 0 Å². The van der Waals surface area contributed by atoms with Crippen LogP contribution in [0.4, 0.5) is 4.39 Å². The Hall–Kier alpha value is -2.30. The van der Waals surface area contributed by atoms with Crippen molar-refractivity contribution in [2.75, 3.05) is 0 Å². The summed E-state index contributed by atoms with van der Waals surface area (Å²) in [7, 11) is 0. The second-order valence-electron chi connectivity index (χ2n) is 4.22. The second kappa shape index (κ2) is 5.56. The summed E-state index contributed by atoms with van der Waals surface area (Å²) in [6, 6.07) is 8.40. The number of aryl methyl sites for hydroxylation is 2. The molecule has 19 heavy (non-hydrogen) atoms. The molecule has 0 saturated heterocycles. The van der Waals surface area contributed by atoms with E-state index < -0.39 is 0 Å². The molecule has 0 N–H and O–H groups in total. The van der Waals surface area contributed by atoms with E-state index in [-0.39, 0.29) is 30.1 Å². The first-order chi connectivity index (χ1) is 9.06. The first-order valence-electron chi connectivity index (χ1n) is 5.90. The summed E-state index contributed by atoms with van der Waals surface area (Å²) in [6.07, 6.45) is 0.155. The van der Waals surface area contributed by atoms with E-state index in [9.17, 15) is 14.0 Å². The van der Waals surface area contributed by atoms with E-state index in [0.29, 0.717) is 11.3 Å². The predicted molar refractivity (Wildman–Crippen MR) is 68.6 cm³/mol. The molecule has 0 saturated carbocycles. The molecule has 4 nitrogen and oxygen atoms in total. The van der Waals surface area contributed by atoms with Gasteiger partial charge in [-0.15, -0.1) is 0 Å². The zero-order valence-electron chi connectivity index (χ0n) is 10.5. The number of rotatable bonds is 4. The molecule has 1 aromatic carbocycles. The zero-order valence-corrected chi connectivity index (χ0v) is 10.5. The van der Waals surface area contributed by atoms with E-state index >= 15 is 0 Å². The average molecular weight is 260 g/mol. The van der Waals surface area contributed by atoms with Crippen LogP contribution in [0.1, 0.15) is 22.5 Å².